The molecule has 0 aromatic carbocycles. The third-order valence-electron chi connectivity index (χ3n) is 10.8. The van der Waals surface area contributed by atoms with Crippen molar-refractivity contribution in [2.24, 2.45) is 57.7 Å². The zero-order valence-corrected chi connectivity index (χ0v) is 17.5. The summed E-state index contributed by atoms with van der Waals surface area (Å²) in [5.74, 6) is 6.86. The van der Waals surface area contributed by atoms with Crippen molar-refractivity contribution in [3.05, 3.63) is 0 Å². The summed E-state index contributed by atoms with van der Waals surface area (Å²) in [7, 11) is 0. The van der Waals surface area contributed by atoms with E-state index < -0.39 is 0 Å². The van der Waals surface area contributed by atoms with Crippen molar-refractivity contribution in [3.63, 3.8) is 0 Å². The summed E-state index contributed by atoms with van der Waals surface area (Å²) in [4.78, 5) is 0. The minimum atomic E-state index is 0.543. The smallest absolute Gasteiger partial charge is 0.0238 e. The fraction of sp³-hybridized carbons (Fsp3) is 1.00. The molecule has 4 aliphatic carbocycles. The summed E-state index contributed by atoms with van der Waals surface area (Å²) < 4.78 is 0. The maximum Gasteiger partial charge on any atom is -0.0238 e. The lowest BCUT2D eigenvalue weighted by atomic mass is 9.42. The number of hydrogen-bond donors (Lipinski definition) is 0. The molecule has 4 fully saturated rings. The summed E-state index contributed by atoms with van der Waals surface area (Å²) >= 11 is 0. The van der Waals surface area contributed by atoms with Gasteiger partial charge in [-0.05, 0) is 96.2 Å². The zero-order valence-electron chi connectivity index (χ0n) is 17.5. The van der Waals surface area contributed by atoms with E-state index in [1.165, 1.54) is 38.5 Å². The van der Waals surface area contributed by atoms with Gasteiger partial charge in [0, 0.05) is 0 Å². The van der Waals surface area contributed by atoms with Gasteiger partial charge in [-0.1, -0.05) is 54.9 Å². The molecule has 0 heteroatoms. The summed E-state index contributed by atoms with van der Waals surface area (Å²) in [6.45, 7) is 18.3. The maximum absolute atomic E-state index is 2.72. The van der Waals surface area contributed by atoms with E-state index in [0.29, 0.717) is 16.2 Å². The van der Waals surface area contributed by atoms with Crippen LogP contribution in [0.5, 0.6) is 0 Å². The third kappa shape index (κ3) is 2.10. The Morgan fingerprint density at radius 3 is 2.21 bits per heavy atom. The Kier molecular flexibility index (Phi) is 3.82. The third-order valence-corrected chi connectivity index (χ3v) is 10.8. The second-order valence-electron chi connectivity index (χ2n) is 12.0. The first-order valence-electron chi connectivity index (χ1n) is 11.1. The van der Waals surface area contributed by atoms with Crippen LogP contribution in [0.4, 0.5) is 0 Å². The first kappa shape index (κ1) is 17.4. The van der Waals surface area contributed by atoms with E-state index in [9.17, 15) is 0 Å². The quantitative estimate of drug-likeness (QED) is 0.441. The van der Waals surface area contributed by atoms with E-state index in [1.807, 2.05) is 0 Å². The molecule has 24 heavy (non-hydrogen) atoms. The highest BCUT2D eigenvalue weighted by Gasteiger charge is 2.64. The monoisotopic (exact) mass is 330 g/mol. The molecule has 4 rings (SSSR count). The summed E-state index contributed by atoms with van der Waals surface area (Å²) in [5.41, 5.74) is 1.80. The molecule has 4 saturated carbocycles. The van der Waals surface area contributed by atoms with Gasteiger partial charge in [0.25, 0.3) is 0 Å². The lowest BCUT2D eigenvalue weighted by molar-refractivity contribution is -0.138. The van der Waals surface area contributed by atoms with Crippen LogP contribution in [0, 0.1) is 57.7 Å². The van der Waals surface area contributed by atoms with E-state index in [-0.39, 0.29) is 0 Å². The molecule has 0 aromatic rings. The normalized spacial score (nSPS) is 59.4. The second kappa shape index (κ2) is 5.26. The topological polar surface area (TPSA) is 0 Å². The summed E-state index contributed by atoms with van der Waals surface area (Å²) in [5, 5.41) is 0. The van der Waals surface area contributed by atoms with Gasteiger partial charge >= 0.3 is 0 Å². The predicted molar refractivity (Wildman–Crippen MR) is 104 cm³/mol. The molecule has 0 heterocycles. The van der Waals surface area contributed by atoms with Crippen molar-refractivity contribution in [2.75, 3.05) is 0 Å². The van der Waals surface area contributed by atoms with Crippen LogP contribution in [0.3, 0.4) is 0 Å². The standard InChI is InChI=1S/C24H42/c1-15-10-11-23(6)18(12-15)8-9-19-20(23)13-16(2)24(7)17(3)22(4,5)14-21(19)24/h15-21H,8-14H2,1-7H3. The average Bonchev–Trinajstić information content (AvgIpc) is 2.70. The van der Waals surface area contributed by atoms with Gasteiger partial charge < -0.3 is 0 Å². The molecule has 0 saturated heterocycles. The molecule has 0 aliphatic heterocycles. The fourth-order valence-electron chi connectivity index (χ4n) is 8.75. The van der Waals surface area contributed by atoms with Crippen molar-refractivity contribution in [1.29, 1.82) is 0 Å². The van der Waals surface area contributed by atoms with Crippen molar-refractivity contribution < 1.29 is 0 Å². The predicted octanol–water partition coefficient (Wildman–Crippen LogP) is 7.18. The molecule has 0 nitrogen and oxygen atoms in total. The van der Waals surface area contributed by atoms with E-state index in [0.717, 1.165) is 41.4 Å². The van der Waals surface area contributed by atoms with Gasteiger partial charge in [-0.3, -0.25) is 0 Å². The Labute approximate surface area is 151 Å². The first-order chi connectivity index (χ1) is 11.1. The van der Waals surface area contributed by atoms with E-state index in [2.05, 4.69) is 48.5 Å². The molecule has 138 valence electrons. The Hall–Kier alpha value is 0. The van der Waals surface area contributed by atoms with Crippen molar-refractivity contribution >= 4 is 0 Å². The lowest BCUT2D eigenvalue weighted by Crippen LogP contribution is -2.55. The van der Waals surface area contributed by atoms with Gasteiger partial charge in [0.1, 0.15) is 0 Å². The summed E-state index contributed by atoms with van der Waals surface area (Å²) in [6, 6.07) is 0. The molecule has 9 unspecified atom stereocenters. The second-order valence-corrected chi connectivity index (χ2v) is 12.0. The largest absolute Gasteiger partial charge is 0.0625 e. The van der Waals surface area contributed by atoms with Crippen LogP contribution in [0.25, 0.3) is 0 Å². The van der Waals surface area contributed by atoms with Gasteiger partial charge in [-0.15, -0.1) is 0 Å². The highest BCUT2D eigenvalue weighted by molar-refractivity contribution is 5.13. The van der Waals surface area contributed by atoms with Crippen LogP contribution >= 0.6 is 0 Å². The highest BCUT2D eigenvalue weighted by atomic mass is 14.7. The molecule has 0 bridgehead atoms. The molecule has 0 N–H and O–H groups in total. The lowest BCUT2D eigenvalue weighted by Gasteiger charge is -2.62. The minimum absolute atomic E-state index is 0.543. The Balaban J connectivity index is 1.69. The number of rotatable bonds is 0. The molecule has 9 atom stereocenters. The van der Waals surface area contributed by atoms with Crippen LogP contribution < -0.4 is 0 Å². The van der Waals surface area contributed by atoms with Crippen LogP contribution in [0.15, 0.2) is 0 Å². The van der Waals surface area contributed by atoms with Crippen molar-refractivity contribution in [2.45, 2.75) is 93.4 Å². The van der Waals surface area contributed by atoms with Crippen molar-refractivity contribution in [1.82, 2.24) is 0 Å². The minimum Gasteiger partial charge on any atom is -0.0625 e. The van der Waals surface area contributed by atoms with Crippen LogP contribution in [-0.4, -0.2) is 0 Å². The Morgan fingerprint density at radius 2 is 1.50 bits per heavy atom. The van der Waals surface area contributed by atoms with Crippen LogP contribution in [0.1, 0.15) is 93.4 Å². The SMILES string of the molecule is CC1CCC2(C)C(CCC3C2CC(C)C2(C)C3CC(C)(C)C2C)C1. The molecule has 4 aliphatic rings. The van der Waals surface area contributed by atoms with Crippen molar-refractivity contribution in [3.8, 4) is 0 Å². The molecule has 0 radical (unpaired) electrons. The molecule has 0 amide bonds. The highest BCUT2D eigenvalue weighted by Crippen LogP contribution is 2.72. The number of fused-ring (bicyclic) bond motifs is 5. The van der Waals surface area contributed by atoms with Gasteiger partial charge in [0.15, 0.2) is 0 Å². The van der Waals surface area contributed by atoms with Crippen LogP contribution in [0.2, 0.25) is 0 Å². The summed E-state index contributed by atoms with van der Waals surface area (Å²) in [6.07, 6.45) is 10.7. The van der Waals surface area contributed by atoms with E-state index in [1.54, 1.807) is 6.42 Å². The average molecular weight is 331 g/mol. The Morgan fingerprint density at radius 1 is 0.792 bits per heavy atom. The van der Waals surface area contributed by atoms with Gasteiger partial charge in [-0.25, -0.2) is 0 Å². The molecule has 0 aromatic heterocycles. The molecule has 0 spiro atoms. The first-order valence-corrected chi connectivity index (χ1v) is 11.1. The van der Waals surface area contributed by atoms with Gasteiger partial charge in [-0.2, -0.15) is 0 Å². The van der Waals surface area contributed by atoms with Crippen LogP contribution in [-0.2, 0) is 0 Å². The molecular formula is C24H42. The number of hydrogen-bond acceptors (Lipinski definition) is 0. The molecular weight excluding hydrogens is 288 g/mol. The zero-order chi connectivity index (χ0) is 17.5. The fourth-order valence-corrected chi connectivity index (χ4v) is 8.75. The van der Waals surface area contributed by atoms with Gasteiger partial charge in [0.2, 0.25) is 0 Å². The van der Waals surface area contributed by atoms with E-state index >= 15 is 0 Å². The Bertz CT molecular complexity index is 504. The maximum atomic E-state index is 2.72. The van der Waals surface area contributed by atoms with Gasteiger partial charge in [0.05, 0.1) is 0 Å². The van der Waals surface area contributed by atoms with E-state index in [4.69, 9.17) is 0 Å².